The van der Waals surface area contributed by atoms with Crippen LogP contribution in [0, 0.1) is 6.92 Å². The van der Waals surface area contributed by atoms with Gasteiger partial charge in [0.25, 0.3) is 0 Å². The van der Waals surface area contributed by atoms with Crippen molar-refractivity contribution in [1.29, 1.82) is 0 Å². The van der Waals surface area contributed by atoms with Crippen molar-refractivity contribution in [2.75, 3.05) is 19.0 Å². The number of anilines is 1. The van der Waals surface area contributed by atoms with E-state index < -0.39 is 0 Å². The minimum absolute atomic E-state index is 0.0395. The van der Waals surface area contributed by atoms with Gasteiger partial charge in [-0.2, -0.15) is 0 Å². The van der Waals surface area contributed by atoms with Crippen molar-refractivity contribution in [1.82, 2.24) is 0 Å². The molecule has 3 heteroatoms. The third kappa shape index (κ3) is 4.61. The van der Waals surface area contributed by atoms with E-state index in [0.717, 1.165) is 17.7 Å². The van der Waals surface area contributed by atoms with Crippen molar-refractivity contribution < 1.29 is 9.53 Å². The van der Waals surface area contributed by atoms with E-state index in [4.69, 9.17) is 4.74 Å². The molecular weight excluding hydrogens is 190 g/mol. The number of hydrogen-bond donors (Lipinski definition) is 1. The molecule has 1 amide bonds. The Balaban J connectivity index is 2.37. The maximum atomic E-state index is 11.4. The number of carbonyl (C=O) groups is 1. The van der Waals surface area contributed by atoms with Crippen LogP contribution < -0.4 is 5.32 Å². The fourth-order valence-corrected chi connectivity index (χ4v) is 1.32. The molecular formula is C12H17NO2. The molecule has 0 aliphatic heterocycles. The van der Waals surface area contributed by atoms with Gasteiger partial charge in [0.1, 0.15) is 0 Å². The zero-order chi connectivity index (χ0) is 11.1. The first-order valence-corrected chi connectivity index (χ1v) is 5.08. The maximum absolute atomic E-state index is 11.4. The molecule has 82 valence electrons. The summed E-state index contributed by atoms with van der Waals surface area (Å²) in [4.78, 5) is 11.4. The average molecular weight is 207 g/mol. The van der Waals surface area contributed by atoms with Crippen LogP contribution in [0.25, 0.3) is 0 Å². The van der Waals surface area contributed by atoms with Crippen LogP contribution in [0.5, 0.6) is 0 Å². The predicted octanol–water partition coefficient (Wildman–Crippen LogP) is 2.36. The lowest BCUT2D eigenvalue weighted by atomic mass is 10.2. The van der Waals surface area contributed by atoms with E-state index in [1.807, 2.05) is 31.2 Å². The molecule has 0 radical (unpaired) electrons. The van der Waals surface area contributed by atoms with Crippen molar-refractivity contribution in [2.24, 2.45) is 0 Å². The van der Waals surface area contributed by atoms with Gasteiger partial charge in [-0.05, 0) is 31.0 Å². The highest BCUT2D eigenvalue weighted by Gasteiger charge is 2.01. The monoisotopic (exact) mass is 207 g/mol. The third-order valence-electron chi connectivity index (χ3n) is 2.05. The Kier molecular flexibility index (Phi) is 4.84. The van der Waals surface area contributed by atoms with Gasteiger partial charge in [-0.15, -0.1) is 0 Å². The van der Waals surface area contributed by atoms with Crippen molar-refractivity contribution in [2.45, 2.75) is 19.8 Å². The average Bonchev–Trinajstić information content (AvgIpc) is 2.18. The van der Waals surface area contributed by atoms with Gasteiger partial charge in [-0.3, -0.25) is 4.79 Å². The number of rotatable bonds is 5. The van der Waals surface area contributed by atoms with E-state index in [-0.39, 0.29) is 5.91 Å². The maximum Gasteiger partial charge on any atom is 0.224 e. The summed E-state index contributed by atoms with van der Waals surface area (Å²) >= 11 is 0. The standard InChI is InChI=1S/C12H17NO2/c1-10-5-3-6-11(9-10)13-12(14)7-4-8-15-2/h3,5-6,9H,4,7-8H2,1-2H3,(H,13,14). The van der Waals surface area contributed by atoms with Crippen LogP contribution in [0.4, 0.5) is 5.69 Å². The summed E-state index contributed by atoms with van der Waals surface area (Å²) in [5.41, 5.74) is 2.00. The molecule has 0 aliphatic rings. The van der Waals surface area contributed by atoms with E-state index in [2.05, 4.69) is 5.32 Å². The SMILES string of the molecule is COCCCC(=O)Nc1cccc(C)c1. The van der Waals surface area contributed by atoms with Crippen molar-refractivity contribution in [3.05, 3.63) is 29.8 Å². The summed E-state index contributed by atoms with van der Waals surface area (Å²) in [6, 6.07) is 7.77. The molecule has 3 nitrogen and oxygen atoms in total. The molecule has 1 N–H and O–H groups in total. The molecule has 0 aliphatic carbocycles. The summed E-state index contributed by atoms with van der Waals surface area (Å²) in [6.45, 7) is 2.63. The van der Waals surface area contributed by atoms with Gasteiger partial charge < -0.3 is 10.1 Å². The number of ether oxygens (including phenoxy) is 1. The van der Waals surface area contributed by atoms with Crippen LogP contribution in [0.3, 0.4) is 0 Å². The fourth-order valence-electron chi connectivity index (χ4n) is 1.32. The molecule has 0 fully saturated rings. The Labute approximate surface area is 90.4 Å². The molecule has 0 saturated heterocycles. The molecule has 0 heterocycles. The zero-order valence-electron chi connectivity index (χ0n) is 9.25. The Bertz CT molecular complexity index is 323. The lowest BCUT2D eigenvalue weighted by molar-refractivity contribution is -0.116. The van der Waals surface area contributed by atoms with E-state index in [9.17, 15) is 4.79 Å². The Morgan fingerprint density at radius 1 is 1.47 bits per heavy atom. The van der Waals surface area contributed by atoms with E-state index >= 15 is 0 Å². The largest absolute Gasteiger partial charge is 0.385 e. The summed E-state index contributed by atoms with van der Waals surface area (Å²) in [5, 5.41) is 2.85. The van der Waals surface area contributed by atoms with Crippen molar-refractivity contribution in [3.63, 3.8) is 0 Å². The van der Waals surface area contributed by atoms with Crippen molar-refractivity contribution >= 4 is 11.6 Å². The molecule has 0 spiro atoms. The quantitative estimate of drug-likeness (QED) is 0.753. The molecule has 1 aromatic carbocycles. The van der Waals surface area contributed by atoms with Gasteiger partial charge in [-0.1, -0.05) is 12.1 Å². The Hall–Kier alpha value is -1.35. The first-order chi connectivity index (χ1) is 7.22. The number of aryl methyl sites for hydroxylation is 1. The minimum Gasteiger partial charge on any atom is -0.385 e. The second kappa shape index (κ2) is 6.19. The molecule has 1 aromatic rings. The number of benzene rings is 1. The van der Waals surface area contributed by atoms with Crippen molar-refractivity contribution in [3.8, 4) is 0 Å². The van der Waals surface area contributed by atoms with Gasteiger partial charge >= 0.3 is 0 Å². The number of nitrogens with one attached hydrogen (secondary N) is 1. The third-order valence-corrected chi connectivity index (χ3v) is 2.05. The number of amides is 1. The Morgan fingerprint density at radius 3 is 2.93 bits per heavy atom. The lowest BCUT2D eigenvalue weighted by Gasteiger charge is -2.05. The van der Waals surface area contributed by atoms with Crippen LogP contribution >= 0.6 is 0 Å². The molecule has 1 rings (SSSR count). The number of hydrogen-bond acceptors (Lipinski definition) is 2. The first-order valence-electron chi connectivity index (χ1n) is 5.08. The van der Waals surface area contributed by atoms with Crippen LogP contribution in [-0.2, 0) is 9.53 Å². The van der Waals surface area contributed by atoms with Crippen LogP contribution in [0.1, 0.15) is 18.4 Å². The molecule has 0 atom stereocenters. The molecule has 0 saturated carbocycles. The lowest BCUT2D eigenvalue weighted by Crippen LogP contribution is -2.11. The number of carbonyl (C=O) groups excluding carboxylic acids is 1. The number of methoxy groups -OCH3 is 1. The molecule has 15 heavy (non-hydrogen) atoms. The Morgan fingerprint density at radius 2 is 2.27 bits per heavy atom. The highest BCUT2D eigenvalue weighted by molar-refractivity contribution is 5.90. The smallest absolute Gasteiger partial charge is 0.224 e. The summed E-state index contributed by atoms with van der Waals surface area (Å²) in [5.74, 6) is 0.0395. The van der Waals surface area contributed by atoms with E-state index in [0.29, 0.717) is 13.0 Å². The van der Waals surface area contributed by atoms with Crippen LogP contribution in [0.2, 0.25) is 0 Å². The van der Waals surface area contributed by atoms with E-state index in [1.54, 1.807) is 7.11 Å². The van der Waals surface area contributed by atoms with E-state index in [1.165, 1.54) is 0 Å². The molecule has 0 unspecified atom stereocenters. The fraction of sp³-hybridized carbons (Fsp3) is 0.417. The highest BCUT2D eigenvalue weighted by Crippen LogP contribution is 2.09. The topological polar surface area (TPSA) is 38.3 Å². The normalized spacial score (nSPS) is 10.0. The van der Waals surface area contributed by atoms with Gasteiger partial charge in [0.15, 0.2) is 0 Å². The van der Waals surface area contributed by atoms with Crippen LogP contribution in [0.15, 0.2) is 24.3 Å². The summed E-state index contributed by atoms with van der Waals surface area (Å²) in [6.07, 6.45) is 1.26. The minimum atomic E-state index is 0.0395. The summed E-state index contributed by atoms with van der Waals surface area (Å²) in [7, 11) is 1.64. The highest BCUT2D eigenvalue weighted by atomic mass is 16.5. The second-order valence-corrected chi connectivity index (χ2v) is 3.51. The van der Waals surface area contributed by atoms with Gasteiger partial charge in [-0.25, -0.2) is 0 Å². The van der Waals surface area contributed by atoms with Gasteiger partial charge in [0.05, 0.1) is 0 Å². The predicted molar refractivity (Wildman–Crippen MR) is 60.9 cm³/mol. The van der Waals surface area contributed by atoms with Gasteiger partial charge in [0.2, 0.25) is 5.91 Å². The summed E-state index contributed by atoms with van der Waals surface area (Å²) < 4.78 is 4.88. The van der Waals surface area contributed by atoms with Crippen LogP contribution in [-0.4, -0.2) is 19.6 Å². The second-order valence-electron chi connectivity index (χ2n) is 3.51. The first kappa shape index (κ1) is 11.7. The molecule has 0 bridgehead atoms. The zero-order valence-corrected chi connectivity index (χ0v) is 9.25. The van der Waals surface area contributed by atoms with Gasteiger partial charge in [0, 0.05) is 25.8 Å². The molecule has 0 aromatic heterocycles.